The molecule has 0 atom stereocenters. The molecule has 0 aliphatic carbocycles. The fraction of sp³-hybridized carbons (Fsp3) is 0. The molecule has 0 radical (unpaired) electrons. The van der Waals surface area contributed by atoms with E-state index >= 15 is 0 Å². The first-order chi connectivity index (χ1) is 8.38. The van der Waals surface area contributed by atoms with Gasteiger partial charge in [-0.3, -0.25) is 4.98 Å². The first-order valence-corrected chi connectivity index (χ1v) is 5.09. The van der Waals surface area contributed by atoms with Crippen LogP contribution >= 0.6 is 0 Å². The molecule has 1 aliphatic rings. The lowest BCUT2D eigenvalue weighted by molar-refractivity contribution is 0.559. The van der Waals surface area contributed by atoms with Crippen LogP contribution in [0.3, 0.4) is 0 Å². The molecule has 0 spiro atoms. The van der Waals surface area contributed by atoms with Gasteiger partial charge in [-0.25, -0.2) is 4.99 Å². The topological polar surface area (TPSA) is 58.3 Å². The molecular weight excluding hydrogens is 214 g/mol. The number of fused-ring (bicyclic) bond motifs is 3. The van der Waals surface area contributed by atoms with Gasteiger partial charge in [-0.05, 0) is 18.2 Å². The Labute approximate surface area is 97.8 Å². The Morgan fingerprint density at radius 3 is 2.88 bits per heavy atom. The van der Waals surface area contributed by atoms with Crippen LogP contribution in [0.4, 0.5) is 5.69 Å². The third-order valence-corrected chi connectivity index (χ3v) is 2.45. The van der Waals surface area contributed by atoms with Crippen molar-refractivity contribution in [1.82, 2.24) is 4.98 Å². The summed E-state index contributed by atoms with van der Waals surface area (Å²) >= 11 is 0. The summed E-state index contributed by atoms with van der Waals surface area (Å²) in [6.45, 7) is 0. The van der Waals surface area contributed by atoms with Gasteiger partial charge in [-0.2, -0.15) is 5.26 Å². The van der Waals surface area contributed by atoms with Crippen molar-refractivity contribution in [3.63, 3.8) is 0 Å². The van der Waals surface area contributed by atoms with E-state index in [9.17, 15) is 0 Å². The smallest absolute Gasteiger partial charge is 0.301 e. The quantitative estimate of drug-likeness (QED) is 0.687. The number of hydrogen-bond donors (Lipinski definition) is 0. The maximum atomic E-state index is 8.94. The molecule has 4 nitrogen and oxygen atoms in total. The van der Waals surface area contributed by atoms with Crippen molar-refractivity contribution in [2.24, 2.45) is 4.99 Å². The summed E-state index contributed by atoms with van der Waals surface area (Å²) in [6, 6.07) is 13.0. The standard InChI is InChI=1S/C13H7N3O/c14-8-12-16-10-5-2-1-4-9(10)13-11(17-12)6-3-7-15-13/h1-7H. The van der Waals surface area contributed by atoms with Gasteiger partial charge in [0.2, 0.25) is 0 Å². The molecule has 0 saturated carbocycles. The van der Waals surface area contributed by atoms with E-state index in [1.807, 2.05) is 30.3 Å². The van der Waals surface area contributed by atoms with Crippen LogP contribution in [0.15, 0.2) is 47.6 Å². The highest BCUT2D eigenvalue weighted by Crippen LogP contribution is 2.36. The van der Waals surface area contributed by atoms with E-state index in [-0.39, 0.29) is 5.90 Å². The minimum atomic E-state index is 0.0317. The fourth-order valence-corrected chi connectivity index (χ4v) is 1.73. The van der Waals surface area contributed by atoms with Crippen molar-refractivity contribution in [1.29, 1.82) is 5.26 Å². The van der Waals surface area contributed by atoms with Crippen LogP contribution in [0.2, 0.25) is 0 Å². The normalized spacial score (nSPS) is 12.3. The van der Waals surface area contributed by atoms with Crippen LogP contribution in [-0.4, -0.2) is 10.9 Å². The van der Waals surface area contributed by atoms with Crippen LogP contribution in [0.25, 0.3) is 11.3 Å². The SMILES string of the molecule is N#CC1=Nc2ccccc2-c2ncccc2O1. The van der Waals surface area contributed by atoms with E-state index in [1.165, 1.54) is 0 Å². The van der Waals surface area contributed by atoms with Gasteiger partial charge in [0.1, 0.15) is 5.69 Å². The molecule has 0 fully saturated rings. The third-order valence-electron chi connectivity index (χ3n) is 2.45. The van der Waals surface area contributed by atoms with Crippen molar-refractivity contribution in [2.75, 3.05) is 0 Å². The molecule has 0 saturated heterocycles. The van der Waals surface area contributed by atoms with Crippen LogP contribution < -0.4 is 4.74 Å². The van der Waals surface area contributed by atoms with Crippen LogP contribution in [0.1, 0.15) is 0 Å². The molecule has 0 bridgehead atoms. The molecule has 17 heavy (non-hydrogen) atoms. The predicted molar refractivity (Wildman–Crippen MR) is 63.0 cm³/mol. The number of nitriles is 1. The van der Waals surface area contributed by atoms with Gasteiger partial charge < -0.3 is 4.74 Å². The number of ether oxygens (including phenoxy) is 1. The highest BCUT2D eigenvalue weighted by molar-refractivity contribution is 5.98. The molecule has 1 aliphatic heterocycles. The number of pyridine rings is 1. The zero-order valence-electron chi connectivity index (χ0n) is 8.79. The highest BCUT2D eigenvalue weighted by atomic mass is 16.5. The lowest BCUT2D eigenvalue weighted by atomic mass is 10.1. The number of nitrogens with zero attached hydrogens (tertiary/aromatic N) is 3. The maximum Gasteiger partial charge on any atom is 0.301 e. The number of rotatable bonds is 0. The molecule has 80 valence electrons. The lowest BCUT2D eigenvalue weighted by Crippen LogP contribution is -2.04. The Balaban J connectivity index is 2.34. The Morgan fingerprint density at radius 1 is 1.12 bits per heavy atom. The van der Waals surface area contributed by atoms with Gasteiger partial charge in [0.25, 0.3) is 0 Å². The van der Waals surface area contributed by atoms with Crippen LogP contribution in [0.5, 0.6) is 5.75 Å². The van der Waals surface area contributed by atoms with Crippen LogP contribution in [0, 0.1) is 11.3 Å². The lowest BCUT2D eigenvalue weighted by Gasteiger charge is -2.05. The second-order valence-electron chi connectivity index (χ2n) is 3.50. The molecule has 1 aromatic heterocycles. The van der Waals surface area contributed by atoms with E-state index < -0.39 is 0 Å². The van der Waals surface area contributed by atoms with Crippen molar-refractivity contribution in [3.05, 3.63) is 42.6 Å². The van der Waals surface area contributed by atoms with E-state index in [0.717, 1.165) is 5.56 Å². The fourth-order valence-electron chi connectivity index (χ4n) is 1.73. The number of benzene rings is 1. The Bertz CT molecular complexity index is 656. The molecule has 3 rings (SSSR count). The van der Waals surface area contributed by atoms with E-state index in [4.69, 9.17) is 10.00 Å². The summed E-state index contributed by atoms with van der Waals surface area (Å²) in [4.78, 5) is 8.45. The summed E-state index contributed by atoms with van der Waals surface area (Å²) in [5.41, 5.74) is 2.27. The largest absolute Gasteiger partial charge is 0.428 e. The summed E-state index contributed by atoms with van der Waals surface area (Å²) in [5, 5.41) is 8.94. The van der Waals surface area contributed by atoms with Crippen molar-refractivity contribution in [2.45, 2.75) is 0 Å². The number of hydrogen-bond acceptors (Lipinski definition) is 4. The first-order valence-electron chi connectivity index (χ1n) is 5.09. The Hall–Kier alpha value is -2.67. The molecule has 0 amide bonds. The monoisotopic (exact) mass is 221 g/mol. The number of para-hydroxylation sites is 1. The Kier molecular flexibility index (Phi) is 2.09. The predicted octanol–water partition coefficient (Wildman–Crippen LogP) is 2.69. The summed E-state index contributed by atoms with van der Waals surface area (Å²) < 4.78 is 5.41. The van der Waals surface area contributed by atoms with Gasteiger partial charge in [0.05, 0.1) is 5.69 Å². The number of aromatic nitrogens is 1. The van der Waals surface area contributed by atoms with E-state index in [0.29, 0.717) is 17.1 Å². The number of aliphatic imine (C=N–C) groups is 1. The summed E-state index contributed by atoms with van der Waals surface area (Å²) in [7, 11) is 0. The summed E-state index contributed by atoms with van der Waals surface area (Å²) in [5.74, 6) is 0.585. The van der Waals surface area contributed by atoms with Gasteiger partial charge in [0.15, 0.2) is 11.8 Å². The van der Waals surface area contributed by atoms with Crippen molar-refractivity contribution < 1.29 is 4.74 Å². The molecule has 1 aromatic carbocycles. The van der Waals surface area contributed by atoms with Gasteiger partial charge in [-0.1, -0.05) is 18.2 Å². The molecule has 0 N–H and O–H groups in total. The molecule has 2 aromatic rings. The molecular formula is C13H7N3O. The Morgan fingerprint density at radius 2 is 2.00 bits per heavy atom. The molecule has 4 heteroatoms. The van der Waals surface area contributed by atoms with E-state index in [1.54, 1.807) is 18.3 Å². The first kappa shape index (κ1) is 9.55. The van der Waals surface area contributed by atoms with Gasteiger partial charge in [-0.15, -0.1) is 0 Å². The zero-order valence-corrected chi connectivity index (χ0v) is 8.79. The second kappa shape index (κ2) is 3.72. The van der Waals surface area contributed by atoms with Crippen molar-refractivity contribution in [3.8, 4) is 23.1 Å². The second-order valence-corrected chi connectivity index (χ2v) is 3.50. The van der Waals surface area contributed by atoms with Crippen LogP contribution in [-0.2, 0) is 0 Å². The molecule has 2 heterocycles. The zero-order chi connectivity index (χ0) is 11.7. The van der Waals surface area contributed by atoms with Gasteiger partial charge in [0, 0.05) is 11.8 Å². The minimum Gasteiger partial charge on any atom is -0.428 e. The van der Waals surface area contributed by atoms with Crippen molar-refractivity contribution >= 4 is 11.6 Å². The average molecular weight is 221 g/mol. The van der Waals surface area contributed by atoms with Gasteiger partial charge >= 0.3 is 5.90 Å². The van der Waals surface area contributed by atoms with E-state index in [2.05, 4.69) is 9.98 Å². The highest BCUT2D eigenvalue weighted by Gasteiger charge is 2.17. The molecule has 0 unspecified atom stereocenters. The third kappa shape index (κ3) is 1.54. The minimum absolute atomic E-state index is 0.0317. The summed E-state index contributed by atoms with van der Waals surface area (Å²) in [6.07, 6.45) is 1.69. The average Bonchev–Trinajstić information content (AvgIpc) is 2.55. The maximum absolute atomic E-state index is 8.94.